The Morgan fingerprint density at radius 3 is 2.20 bits per heavy atom. The summed E-state index contributed by atoms with van der Waals surface area (Å²) in [5, 5.41) is 8.79. The van der Waals surface area contributed by atoms with Crippen LogP contribution in [0.15, 0.2) is 30.3 Å². The summed E-state index contributed by atoms with van der Waals surface area (Å²) in [5.74, 6) is -2.90. The molecule has 0 aromatic heterocycles. The average Bonchev–Trinajstić information content (AvgIpc) is 3.90. The molecule has 5 rings (SSSR count). The monoisotopic (exact) mass is 728 g/mol. The number of likely N-dealkylation sites (tertiary alicyclic amines) is 1. The highest BCUT2D eigenvalue weighted by molar-refractivity contribution is 7.88. The Balaban J connectivity index is 1.32. The molecule has 51 heavy (non-hydrogen) atoms. The average molecular weight is 729 g/mol. The molecule has 4 fully saturated rings. The number of nitrogens with two attached hydrogens (primary N) is 1. The van der Waals surface area contributed by atoms with E-state index < -0.39 is 68.6 Å². The highest BCUT2D eigenvalue weighted by Crippen LogP contribution is 2.65. The number of fused-ring (bicyclic) bond motifs is 1. The molecule has 14 heteroatoms. The van der Waals surface area contributed by atoms with Crippen molar-refractivity contribution in [3.05, 3.63) is 35.9 Å². The first-order chi connectivity index (χ1) is 23.8. The molecule has 1 saturated heterocycles. The molecule has 0 spiro atoms. The second-order valence-electron chi connectivity index (χ2n) is 17.1. The van der Waals surface area contributed by atoms with E-state index in [9.17, 15) is 32.4 Å². The summed E-state index contributed by atoms with van der Waals surface area (Å²) in [6.07, 6.45) is 5.91. The van der Waals surface area contributed by atoms with Crippen molar-refractivity contribution in [1.82, 2.24) is 25.2 Å². The number of likely N-dealkylation sites (N-methyl/N-ethyl adjacent to an activating group) is 1. The van der Waals surface area contributed by atoms with Crippen LogP contribution in [0.3, 0.4) is 0 Å². The Labute approximate surface area is 302 Å². The molecule has 3 aliphatic carbocycles. The SMILES string of the molecule is CN(CC1(NC(=O)N[C@H](C(=O)N2C[C@H]3[C@@H]([C@H]2C(=O)NC(CC2CC2)C(=O)C(N)=O)C3(C)C)C(C)(C)C)CCCCC1)S(=O)(=O)Cc1ccccc1. The number of amides is 5. The van der Waals surface area contributed by atoms with Crippen molar-refractivity contribution in [2.24, 2.45) is 34.3 Å². The lowest BCUT2D eigenvalue weighted by molar-refractivity contribution is -0.145. The largest absolute Gasteiger partial charge is 0.363 e. The Morgan fingerprint density at radius 2 is 1.63 bits per heavy atom. The Morgan fingerprint density at radius 1 is 1.00 bits per heavy atom. The van der Waals surface area contributed by atoms with Crippen LogP contribution in [-0.2, 0) is 35.0 Å². The van der Waals surface area contributed by atoms with Crippen LogP contribution in [0.25, 0.3) is 0 Å². The van der Waals surface area contributed by atoms with E-state index in [1.54, 1.807) is 24.3 Å². The van der Waals surface area contributed by atoms with Gasteiger partial charge in [0.2, 0.25) is 27.6 Å². The second kappa shape index (κ2) is 14.5. The first-order valence-corrected chi connectivity index (χ1v) is 19.9. The van der Waals surface area contributed by atoms with E-state index in [0.717, 1.165) is 32.1 Å². The number of sulfonamides is 1. The number of ketones is 1. The van der Waals surface area contributed by atoms with Crippen LogP contribution in [0, 0.1) is 28.6 Å². The number of nitrogens with one attached hydrogen (secondary N) is 3. The van der Waals surface area contributed by atoms with Gasteiger partial charge in [-0.25, -0.2) is 17.5 Å². The molecule has 0 bridgehead atoms. The van der Waals surface area contributed by atoms with Gasteiger partial charge in [-0.15, -0.1) is 0 Å². The molecule has 4 aliphatic rings. The lowest BCUT2D eigenvalue weighted by Crippen LogP contribution is -2.64. The van der Waals surface area contributed by atoms with E-state index >= 15 is 0 Å². The van der Waals surface area contributed by atoms with Gasteiger partial charge in [0.15, 0.2) is 0 Å². The first kappa shape index (κ1) is 38.7. The van der Waals surface area contributed by atoms with Gasteiger partial charge in [0.25, 0.3) is 5.91 Å². The molecule has 1 heterocycles. The zero-order chi connectivity index (χ0) is 37.5. The maximum atomic E-state index is 14.5. The van der Waals surface area contributed by atoms with Crippen molar-refractivity contribution < 1.29 is 32.4 Å². The maximum absolute atomic E-state index is 14.5. The van der Waals surface area contributed by atoms with Crippen LogP contribution < -0.4 is 21.7 Å². The number of rotatable bonds is 14. The zero-order valence-electron chi connectivity index (χ0n) is 30.9. The third-order valence-corrected chi connectivity index (χ3v) is 13.4. The fourth-order valence-electron chi connectivity index (χ4n) is 8.35. The highest BCUT2D eigenvalue weighted by atomic mass is 32.2. The molecule has 282 valence electrons. The minimum Gasteiger partial charge on any atom is -0.363 e. The van der Waals surface area contributed by atoms with Crippen molar-refractivity contribution in [3.63, 3.8) is 0 Å². The van der Waals surface area contributed by atoms with Gasteiger partial charge in [0.05, 0.1) is 17.3 Å². The molecule has 5 N–H and O–H groups in total. The van der Waals surface area contributed by atoms with E-state index in [-0.39, 0.29) is 35.5 Å². The number of piperidine rings is 1. The van der Waals surface area contributed by atoms with E-state index in [1.807, 2.05) is 40.7 Å². The minimum absolute atomic E-state index is 0.0549. The van der Waals surface area contributed by atoms with Gasteiger partial charge in [-0.2, -0.15) is 0 Å². The van der Waals surface area contributed by atoms with Crippen LogP contribution in [0.1, 0.15) is 91.5 Å². The number of Topliss-reactive ketones (excluding diaryl/α,β-unsaturated/α-hetero) is 1. The van der Waals surface area contributed by atoms with Gasteiger partial charge in [-0.3, -0.25) is 19.2 Å². The minimum atomic E-state index is -3.69. The van der Waals surface area contributed by atoms with Gasteiger partial charge in [0, 0.05) is 20.1 Å². The Kier molecular flexibility index (Phi) is 11.0. The summed E-state index contributed by atoms with van der Waals surface area (Å²) >= 11 is 0. The molecule has 3 saturated carbocycles. The molecule has 13 nitrogen and oxygen atoms in total. The quantitative estimate of drug-likeness (QED) is 0.212. The number of primary amides is 1. The van der Waals surface area contributed by atoms with Gasteiger partial charge >= 0.3 is 6.03 Å². The third kappa shape index (κ3) is 8.76. The number of urea groups is 1. The molecular weight excluding hydrogens is 673 g/mol. The molecule has 5 atom stereocenters. The molecule has 5 amide bonds. The maximum Gasteiger partial charge on any atom is 0.315 e. The van der Waals surface area contributed by atoms with Crippen molar-refractivity contribution in [2.75, 3.05) is 20.1 Å². The summed E-state index contributed by atoms with van der Waals surface area (Å²) in [6, 6.07) is 5.41. The molecule has 1 unspecified atom stereocenters. The van der Waals surface area contributed by atoms with Crippen LogP contribution in [0.5, 0.6) is 0 Å². The predicted molar refractivity (Wildman–Crippen MR) is 192 cm³/mol. The zero-order valence-corrected chi connectivity index (χ0v) is 31.7. The summed E-state index contributed by atoms with van der Waals surface area (Å²) in [5.41, 5.74) is 4.19. The lowest BCUT2D eigenvalue weighted by atomic mass is 9.81. The van der Waals surface area contributed by atoms with Crippen LogP contribution in [0.2, 0.25) is 0 Å². The van der Waals surface area contributed by atoms with Gasteiger partial charge in [-0.1, -0.05) is 97.1 Å². The Bertz CT molecular complexity index is 1610. The van der Waals surface area contributed by atoms with Crippen molar-refractivity contribution in [3.8, 4) is 0 Å². The molecular formula is C37H56N6O7S. The van der Waals surface area contributed by atoms with Gasteiger partial charge in [-0.05, 0) is 53.4 Å². The summed E-state index contributed by atoms with van der Waals surface area (Å²) < 4.78 is 28.1. The summed E-state index contributed by atoms with van der Waals surface area (Å²) in [7, 11) is -2.15. The number of carbonyl (C=O) groups excluding carboxylic acids is 5. The smallest absolute Gasteiger partial charge is 0.315 e. The van der Waals surface area contributed by atoms with E-state index in [0.29, 0.717) is 31.4 Å². The summed E-state index contributed by atoms with van der Waals surface area (Å²) in [4.78, 5) is 68.3. The van der Waals surface area contributed by atoms with Crippen LogP contribution in [-0.4, -0.2) is 91.0 Å². The lowest BCUT2D eigenvalue weighted by Gasteiger charge is -2.42. The fourth-order valence-corrected chi connectivity index (χ4v) is 9.63. The highest BCUT2D eigenvalue weighted by Gasteiger charge is 2.70. The van der Waals surface area contributed by atoms with Gasteiger partial charge < -0.3 is 26.6 Å². The second-order valence-corrected chi connectivity index (χ2v) is 19.2. The number of hydrogen-bond acceptors (Lipinski definition) is 7. The number of benzene rings is 1. The summed E-state index contributed by atoms with van der Waals surface area (Å²) in [6.45, 7) is 10.0. The number of carbonyl (C=O) groups is 5. The van der Waals surface area contributed by atoms with Crippen molar-refractivity contribution in [1.29, 1.82) is 0 Å². The van der Waals surface area contributed by atoms with E-state index in [1.165, 1.54) is 16.3 Å². The van der Waals surface area contributed by atoms with Gasteiger partial charge in [0.1, 0.15) is 12.1 Å². The third-order valence-electron chi connectivity index (χ3n) is 11.7. The van der Waals surface area contributed by atoms with Crippen molar-refractivity contribution in [2.45, 2.75) is 115 Å². The fraction of sp³-hybridized carbons (Fsp3) is 0.703. The van der Waals surface area contributed by atoms with E-state index in [2.05, 4.69) is 16.0 Å². The molecule has 0 radical (unpaired) electrons. The number of hydrogen-bond donors (Lipinski definition) is 4. The first-order valence-electron chi connectivity index (χ1n) is 18.3. The van der Waals surface area contributed by atoms with E-state index in [4.69, 9.17) is 5.73 Å². The predicted octanol–water partition coefficient (Wildman–Crippen LogP) is 2.69. The Hall–Kier alpha value is -3.52. The topological polar surface area (TPSA) is 188 Å². The van der Waals surface area contributed by atoms with Crippen LogP contribution in [0.4, 0.5) is 4.79 Å². The molecule has 1 aromatic rings. The standard InChI is InChI=1S/C37H56N6O7S/c1-35(2,3)30(40-34(48)41-37(17-11-8-12-18-37)22-42(6)51(49,50)21-24-13-9-7-10-14-24)33(47)43-20-25-27(36(25,4)5)28(43)32(46)39-26(19-23-15-16-23)29(44)31(38)45/h7,9-10,13-14,23,25-28,30H,8,11-12,15-22H2,1-6H3,(H2,38,45)(H,39,46)(H2,40,41,48)/t25-,26?,27-,28-,30+/m0/s1. The van der Waals surface area contributed by atoms with Crippen molar-refractivity contribution >= 4 is 39.6 Å². The molecule has 1 aromatic carbocycles. The molecule has 1 aliphatic heterocycles. The number of nitrogens with zero attached hydrogens (tertiary/aromatic N) is 2. The normalized spacial score (nSPS) is 24.9. The van der Waals surface area contributed by atoms with Crippen LogP contribution >= 0.6 is 0 Å².